The molecule has 10 nitrogen and oxygen atoms in total. The van der Waals surface area contributed by atoms with E-state index in [1.807, 2.05) is 0 Å². The Labute approximate surface area is 137 Å². The predicted octanol–water partition coefficient (Wildman–Crippen LogP) is 1.18. The minimum Gasteiger partial charge on any atom is -0.495 e. The molecule has 0 aliphatic carbocycles. The number of ether oxygens (including phenoxy) is 1. The van der Waals surface area contributed by atoms with E-state index >= 15 is 0 Å². The third kappa shape index (κ3) is 3.93. The Kier molecular flexibility index (Phi) is 5.58. The summed E-state index contributed by atoms with van der Waals surface area (Å²) in [4.78, 5) is 39.1. The Morgan fingerprint density at radius 1 is 1.50 bits per heavy atom. The van der Waals surface area contributed by atoms with E-state index in [9.17, 15) is 14.4 Å². The first-order chi connectivity index (χ1) is 11.6. The maximum Gasteiger partial charge on any atom is 0.328 e. The maximum atomic E-state index is 12.0. The molecule has 1 aliphatic heterocycles. The monoisotopic (exact) mass is 332 g/mol. The molecule has 1 aromatic carbocycles. The Morgan fingerprint density at radius 2 is 2.29 bits per heavy atom. The van der Waals surface area contributed by atoms with Gasteiger partial charge < -0.3 is 10.1 Å². The first-order valence-electron chi connectivity index (χ1n) is 7.15. The van der Waals surface area contributed by atoms with Gasteiger partial charge in [-0.2, -0.15) is 0 Å². The summed E-state index contributed by atoms with van der Waals surface area (Å²) < 4.78 is 5.25. The highest BCUT2D eigenvalue weighted by molar-refractivity contribution is 6.06. The summed E-state index contributed by atoms with van der Waals surface area (Å²) in [5.74, 6) is -0.347. The van der Waals surface area contributed by atoms with Crippen molar-refractivity contribution in [2.24, 2.45) is 5.11 Å². The van der Waals surface area contributed by atoms with Crippen molar-refractivity contribution in [3.05, 3.63) is 34.2 Å². The molecule has 1 saturated heterocycles. The third-order valence-corrected chi connectivity index (χ3v) is 3.35. The van der Waals surface area contributed by atoms with Gasteiger partial charge in [0.25, 0.3) is 5.91 Å². The van der Waals surface area contributed by atoms with Crippen LogP contribution in [0.3, 0.4) is 0 Å². The summed E-state index contributed by atoms with van der Waals surface area (Å²) in [6.45, 7) is 0.599. The smallest absolute Gasteiger partial charge is 0.328 e. The Hall–Kier alpha value is -3.26. The van der Waals surface area contributed by atoms with Gasteiger partial charge in [0.05, 0.1) is 12.8 Å². The molecule has 0 bridgehead atoms. The van der Waals surface area contributed by atoms with E-state index in [2.05, 4.69) is 20.7 Å². The number of urea groups is 1. The summed E-state index contributed by atoms with van der Waals surface area (Å²) >= 11 is 0. The summed E-state index contributed by atoms with van der Waals surface area (Å²) in [6.07, 6.45) is 0.191. The van der Waals surface area contributed by atoms with E-state index in [0.29, 0.717) is 17.0 Å². The molecular formula is C14H16N6O4. The van der Waals surface area contributed by atoms with Gasteiger partial charge in [-0.25, -0.2) is 4.79 Å². The van der Waals surface area contributed by atoms with E-state index in [0.717, 1.165) is 0 Å². The summed E-state index contributed by atoms with van der Waals surface area (Å²) in [5, 5.41) is 8.16. The molecule has 2 N–H and O–H groups in total. The molecule has 24 heavy (non-hydrogen) atoms. The number of hydrogen-bond acceptors (Lipinski definition) is 5. The zero-order chi connectivity index (χ0) is 17.5. The lowest BCUT2D eigenvalue weighted by molar-refractivity contribution is -0.120. The van der Waals surface area contributed by atoms with Crippen LogP contribution in [0.1, 0.15) is 16.8 Å². The standard InChI is InChI=1S/C14H16N6O4/c1-24-11-8-9(13(22)16-5-6-17-19-15)2-3-10(11)20-7-4-12(21)18-14(20)23/h2-3,8H,4-7H2,1H3,(H,16,22)(H,18,21,23). The highest BCUT2D eigenvalue weighted by Crippen LogP contribution is 2.30. The number of benzene rings is 1. The lowest BCUT2D eigenvalue weighted by atomic mass is 10.1. The van der Waals surface area contributed by atoms with Crippen molar-refractivity contribution >= 4 is 23.5 Å². The molecular weight excluding hydrogens is 316 g/mol. The number of azide groups is 1. The van der Waals surface area contributed by atoms with Gasteiger partial charge in [0.2, 0.25) is 5.91 Å². The summed E-state index contributed by atoms with van der Waals surface area (Å²) in [7, 11) is 1.43. The fourth-order valence-electron chi connectivity index (χ4n) is 2.20. The van der Waals surface area contributed by atoms with Gasteiger partial charge in [-0.05, 0) is 23.7 Å². The van der Waals surface area contributed by atoms with Crippen LogP contribution in [-0.2, 0) is 4.79 Å². The van der Waals surface area contributed by atoms with Gasteiger partial charge in [0.15, 0.2) is 0 Å². The number of methoxy groups -OCH3 is 1. The number of carbonyl (C=O) groups is 3. The number of hydrogen-bond donors (Lipinski definition) is 2. The summed E-state index contributed by atoms with van der Waals surface area (Å²) in [6, 6.07) is 4.10. The number of nitrogens with zero attached hydrogens (tertiary/aromatic N) is 4. The van der Waals surface area contributed by atoms with Crippen LogP contribution < -0.4 is 20.3 Å². The topological polar surface area (TPSA) is 136 Å². The number of rotatable bonds is 6. The quantitative estimate of drug-likeness (QED) is 0.350. The van der Waals surface area contributed by atoms with Crippen LogP contribution >= 0.6 is 0 Å². The van der Waals surface area contributed by atoms with Crippen LogP contribution in [-0.4, -0.2) is 44.6 Å². The van der Waals surface area contributed by atoms with Crippen molar-refractivity contribution in [2.45, 2.75) is 6.42 Å². The predicted molar refractivity (Wildman–Crippen MR) is 84.8 cm³/mol. The average Bonchev–Trinajstić information content (AvgIpc) is 2.58. The van der Waals surface area contributed by atoms with Crippen molar-refractivity contribution in [1.29, 1.82) is 0 Å². The van der Waals surface area contributed by atoms with Gasteiger partial charge >= 0.3 is 6.03 Å². The van der Waals surface area contributed by atoms with Crippen LogP contribution in [0.5, 0.6) is 5.75 Å². The molecule has 4 amide bonds. The molecule has 10 heteroatoms. The summed E-state index contributed by atoms with van der Waals surface area (Å²) in [5.41, 5.74) is 8.98. The fourth-order valence-corrected chi connectivity index (χ4v) is 2.20. The van der Waals surface area contributed by atoms with Crippen molar-refractivity contribution in [3.8, 4) is 5.75 Å². The molecule has 0 atom stereocenters. The van der Waals surface area contributed by atoms with Crippen molar-refractivity contribution in [1.82, 2.24) is 10.6 Å². The average molecular weight is 332 g/mol. The first kappa shape index (κ1) is 17.1. The van der Waals surface area contributed by atoms with E-state index in [4.69, 9.17) is 10.3 Å². The normalized spacial score (nSPS) is 13.8. The zero-order valence-corrected chi connectivity index (χ0v) is 13.0. The van der Waals surface area contributed by atoms with Crippen LogP contribution in [0, 0.1) is 0 Å². The largest absolute Gasteiger partial charge is 0.495 e. The zero-order valence-electron chi connectivity index (χ0n) is 13.0. The van der Waals surface area contributed by atoms with Crippen LogP contribution in [0.2, 0.25) is 0 Å². The van der Waals surface area contributed by atoms with Crippen LogP contribution in [0.25, 0.3) is 10.4 Å². The SMILES string of the molecule is COc1cc(C(=O)NCCN=[N+]=[N-])ccc1N1CCC(=O)NC1=O. The van der Waals surface area contributed by atoms with Gasteiger partial charge in [0.1, 0.15) is 5.75 Å². The van der Waals surface area contributed by atoms with E-state index < -0.39 is 6.03 Å². The van der Waals surface area contributed by atoms with E-state index in [-0.39, 0.29) is 37.9 Å². The minimum atomic E-state index is -0.531. The van der Waals surface area contributed by atoms with Crippen LogP contribution in [0.15, 0.2) is 23.3 Å². The number of amides is 4. The van der Waals surface area contributed by atoms with Crippen LogP contribution in [0.4, 0.5) is 10.5 Å². The molecule has 1 aromatic rings. The van der Waals surface area contributed by atoms with Gasteiger partial charge in [-0.15, -0.1) is 0 Å². The lowest BCUT2D eigenvalue weighted by Crippen LogP contribution is -2.49. The maximum absolute atomic E-state index is 12.0. The molecule has 0 unspecified atom stereocenters. The number of carbonyl (C=O) groups excluding carboxylic acids is 3. The molecule has 0 saturated carbocycles. The van der Waals surface area contributed by atoms with Crippen molar-refractivity contribution in [3.63, 3.8) is 0 Å². The Bertz CT molecular complexity index is 713. The van der Waals surface area contributed by atoms with Gasteiger partial charge in [-0.3, -0.25) is 19.8 Å². The second kappa shape index (κ2) is 7.84. The Morgan fingerprint density at radius 3 is 2.96 bits per heavy atom. The number of imide groups is 1. The molecule has 1 heterocycles. The fraction of sp³-hybridized carbons (Fsp3) is 0.357. The van der Waals surface area contributed by atoms with Gasteiger partial charge in [0, 0.05) is 36.5 Å². The van der Waals surface area contributed by atoms with E-state index in [1.54, 1.807) is 12.1 Å². The molecule has 1 fully saturated rings. The second-order valence-corrected chi connectivity index (χ2v) is 4.85. The van der Waals surface area contributed by atoms with Crippen molar-refractivity contribution < 1.29 is 19.1 Å². The van der Waals surface area contributed by atoms with Crippen molar-refractivity contribution in [2.75, 3.05) is 31.6 Å². The number of nitrogens with one attached hydrogen (secondary N) is 2. The first-order valence-corrected chi connectivity index (χ1v) is 7.15. The molecule has 0 radical (unpaired) electrons. The number of anilines is 1. The highest BCUT2D eigenvalue weighted by Gasteiger charge is 2.26. The highest BCUT2D eigenvalue weighted by atomic mass is 16.5. The molecule has 0 spiro atoms. The van der Waals surface area contributed by atoms with Gasteiger partial charge in [-0.1, -0.05) is 5.11 Å². The Balaban J connectivity index is 2.15. The molecule has 2 rings (SSSR count). The third-order valence-electron chi connectivity index (χ3n) is 3.35. The molecule has 0 aromatic heterocycles. The minimum absolute atomic E-state index is 0.152. The second-order valence-electron chi connectivity index (χ2n) is 4.85. The molecule has 1 aliphatic rings. The van der Waals surface area contributed by atoms with E-state index in [1.165, 1.54) is 18.1 Å². The lowest BCUT2D eigenvalue weighted by Gasteiger charge is -2.28. The molecule has 126 valence electrons.